The van der Waals surface area contributed by atoms with Gasteiger partial charge in [0, 0.05) is 32.2 Å². The molecule has 3 heteroatoms. The van der Waals surface area contributed by atoms with Gasteiger partial charge in [-0.05, 0) is 63.3 Å². The van der Waals surface area contributed by atoms with Gasteiger partial charge in [-0.2, -0.15) is 0 Å². The van der Waals surface area contributed by atoms with Crippen molar-refractivity contribution in [2.75, 3.05) is 33.2 Å². The Labute approximate surface area is 149 Å². The molecule has 136 valence electrons. The molecular weight excluding hydrogens is 294 g/mol. The largest absolute Gasteiger partial charge is 0.359 e. The van der Waals surface area contributed by atoms with Gasteiger partial charge >= 0.3 is 0 Å². The first-order valence-electron chi connectivity index (χ1n) is 10.1. The number of piperidine rings is 2. The summed E-state index contributed by atoms with van der Waals surface area (Å²) < 4.78 is 0. The second kappa shape index (κ2) is 7.95. The minimum Gasteiger partial charge on any atom is -0.359 e. The molecule has 0 amide bonds. The highest BCUT2D eigenvalue weighted by atomic mass is 15.3. The summed E-state index contributed by atoms with van der Waals surface area (Å²) in [6, 6.07) is 0.585. The van der Waals surface area contributed by atoms with Gasteiger partial charge in [0.1, 0.15) is 0 Å². The summed E-state index contributed by atoms with van der Waals surface area (Å²) >= 11 is 0. The van der Waals surface area contributed by atoms with Crippen molar-refractivity contribution < 1.29 is 0 Å². The van der Waals surface area contributed by atoms with Crippen molar-refractivity contribution in [3.63, 3.8) is 0 Å². The quantitative estimate of drug-likeness (QED) is 0.743. The van der Waals surface area contributed by atoms with Crippen molar-refractivity contribution in [3.8, 4) is 0 Å². The van der Waals surface area contributed by atoms with Crippen molar-refractivity contribution in [2.45, 2.75) is 63.8 Å². The van der Waals surface area contributed by atoms with Gasteiger partial charge in [0.05, 0.1) is 5.82 Å². The van der Waals surface area contributed by atoms with Crippen molar-refractivity contribution >= 4 is 0 Å². The Morgan fingerprint density at radius 1 is 1.12 bits per heavy atom. The maximum Gasteiger partial charge on any atom is 0.0965 e. The predicted octanol–water partition coefficient (Wildman–Crippen LogP) is 3.99. The molecule has 0 aromatic heterocycles. The molecule has 2 aliphatic heterocycles. The molecule has 0 aromatic carbocycles. The lowest BCUT2D eigenvalue weighted by Gasteiger charge is -2.47. The van der Waals surface area contributed by atoms with Gasteiger partial charge < -0.3 is 15.1 Å². The van der Waals surface area contributed by atoms with Crippen LogP contribution >= 0.6 is 0 Å². The third-order valence-corrected chi connectivity index (χ3v) is 7.09. The van der Waals surface area contributed by atoms with Crippen LogP contribution in [0.1, 0.15) is 57.8 Å². The molecule has 0 radical (unpaired) electrons. The molecule has 3 aliphatic rings. The Hall–Kier alpha value is -0.960. The summed E-state index contributed by atoms with van der Waals surface area (Å²) in [6.45, 7) is 13.1. The fourth-order valence-electron chi connectivity index (χ4n) is 5.30. The highest BCUT2D eigenvalue weighted by Crippen LogP contribution is 2.46. The molecule has 2 atom stereocenters. The van der Waals surface area contributed by atoms with Crippen LogP contribution in [0, 0.1) is 11.3 Å². The van der Waals surface area contributed by atoms with E-state index < -0.39 is 0 Å². The van der Waals surface area contributed by atoms with Gasteiger partial charge in [-0.15, -0.1) is 6.58 Å². The van der Waals surface area contributed by atoms with Gasteiger partial charge in [0.2, 0.25) is 0 Å². The Morgan fingerprint density at radius 2 is 1.83 bits per heavy atom. The SMILES string of the molecule is C=CCCC1CCN(C(=C)N2CCC3(CCCC3)CC2)CC1NC. The molecule has 0 bridgehead atoms. The van der Waals surface area contributed by atoms with E-state index in [1.165, 1.54) is 76.8 Å². The van der Waals surface area contributed by atoms with E-state index in [9.17, 15) is 0 Å². The van der Waals surface area contributed by atoms with E-state index in [-0.39, 0.29) is 0 Å². The fraction of sp³-hybridized carbons (Fsp3) is 0.810. The summed E-state index contributed by atoms with van der Waals surface area (Å²) in [5.41, 5.74) is 0.696. The number of hydrogen-bond donors (Lipinski definition) is 1. The molecule has 1 saturated carbocycles. The number of rotatable bonds is 6. The molecule has 1 N–H and O–H groups in total. The smallest absolute Gasteiger partial charge is 0.0965 e. The monoisotopic (exact) mass is 331 g/mol. The zero-order chi connectivity index (χ0) is 17.0. The van der Waals surface area contributed by atoms with Crippen LogP contribution in [0.25, 0.3) is 0 Å². The van der Waals surface area contributed by atoms with Crippen molar-refractivity contribution in [2.24, 2.45) is 11.3 Å². The molecule has 2 saturated heterocycles. The van der Waals surface area contributed by atoms with Gasteiger partial charge in [0.25, 0.3) is 0 Å². The molecule has 0 aromatic rings. The molecule has 3 nitrogen and oxygen atoms in total. The van der Waals surface area contributed by atoms with Crippen LogP contribution in [0.3, 0.4) is 0 Å². The predicted molar refractivity (Wildman–Crippen MR) is 103 cm³/mol. The van der Waals surface area contributed by atoms with E-state index in [1.807, 2.05) is 0 Å². The van der Waals surface area contributed by atoms with Gasteiger partial charge in [-0.1, -0.05) is 25.5 Å². The Kier molecular flexibility index (Phi) is 5.91. The van der Waals surface area contributed by atoms with Gasteiger partial charge in [-0.3, -0.25) is 0 Å². The lowest BCUT2D eigenvalue weighted by atomic mass is 9.77. The molecule has 2 heterocycles. The van der Waals surface area contributed by atoms with E-state index in [1.54, 1.807) is 0 Å². The molecule has 2 unspecified atom stereocenters. The first-order valence-corrected chi connectivity index (χ1v) is 10.1. The Morgan fingerprint density at radius 3 is 2.46 bits per heavy atom. The average molecular weight is 332 g/mol. The van der Waals surface area contributed by atoms with Crippen LogP contribution in [0.15, 0.2) is 25.1 Å². The fourth-order valence-corrected chi connectivity index (χ4v) is 5.30. The van der Waals surface area contributed by atoms with Crippen LogP contribution in [0.2, 0.25) is 0 Å². The molecule has 1 aliphatic carbocycles. The zero-order valence-corrected chi connectivity index (χ0v) is 15.7. The maximum absolute atomic E-state index is 4.48. The second-order valence-electron chi connectivity index (χ2n) is 8.37. The summed E-state index contributed by atoms with van der Waals surface area (Å²) in [5.74, 6) is 2.06. The average Bonchev–Trinajstić information content (AvgIpc) is 3.08. The van der Waals surface area contributed by atoms with E-state index >= 15 is 0 Å². The Balaban J connectivity index is 1.51. The van der Waals surface area contributed by atoms with Crippen molar-refractivity contribution in [1.82, 2.24) is 15.1 Å². The van der Waals surface area contributed by atoms with E-state index in [0.717, 1.165) is 18.9 Å². The number of hydrogen-bond acceptors (Lipinski definition) is 3. The summed E-state index contributed by atoms with van der Waals surface area (Å²) in [5, 5.41) is 3.55. The van der Waals surface area contributed by atoms with Crippen molar-refractivity contribution in [3.05, 3.63) is 25.1 Å². The third kappa shape index (κ3) is 3.82. The van der Waals surface area contributed by atoms with Gasteiger partial charge in [-0.25, -0.2) is 0 Å². The van der Waals surface area contributed by atoms with Crippen molar-refractivity contribution in [1.29, 1.82) is 0 Å². The lowest BCUT2D eigenvalue weighted by molar-refractivity contribution is 0.0806. The minimum atomic E-state index is 0.585. The second-order valence-corrected chi connectivity index (χ2v) is 8.37. The number of nitrogens with one attached hydrogen (secondary N) is 1. The van der Waals surface area contributed by atoms with Crippen LogP contribution < -0.4 is 5.32 Å². The third-order valence-electron chi connectivity index (χ3n) is 7.09. The van der Waals surface area contributed by atoms with E-state index in [2.05, 4.69) is 41.4 Å². The number of allylic oxidation sites excluding steroid dienone is 1. The van der Waals surface area contributed by atoms with E-state index in [0.29, 0.717) is 11.5 Å². The van der Waals surface area contributed by atoms with Crippen LogP contribution in [-0.4, -0.2) is 49.1 Å². The highest BCUT2D eigenvalue weighted by molar-refractivity contribution is 5.02. The number of nitrogens with zero attached hydrogens (tertiary/aromatic N) is 2. The van der Waals surface area contributed by atoms with Crippen LogP contribution in [-0.2, 0) is 0 Å². The topological polar surface area (TPSA) is 18.5 Å². The standard InChI is InChI=1S/C21H37N3/c1-4-5-8-19-9-14-24(17-20(19)22-3)18(2)23-15-12-21(13-16-23)10-6-7-11-21/h4,19-20,22H,1-2,5-17H2,3H3. The molecule has 24 heavy (non-hydrogen) atoms. The molecule has 3 rings (SSSR count). The lowest BCUT2D eigenvalue weighted by Crippen LogP contribution is -2.52. The first-order chi connectivity index (χ1) is 11.7. The molecule has 1 spiro atoms. The Bertz CT molecular complexity index is 428. The number of likely N-dealkylation sites (tertiary alicyclic amines) is 2. The normalized spacial score (nSPS) is 29.9. The molecular formula is C21H37N3. The maximum atomic E-state index is 4.48. The van der Waals surface area contributed by atoms with Crippen LogP contribution in [0.5, 0.6) is 0 Å². The first kappa shape index (κ1) is 17.8. The summed E-state index contributed by atoms with van der Waals surface area (Å²) in [6.07, 6.45) is 14.4. The zero-order valence-electron chi connectivity index (χ0n) is 15.7. The van der Waals surface area contributed by atoms with Gasteiger partial charge in [0.15, 0.2) is 0 Å². The van der Waals surface area contributed by atoms with Crippen LogP contribution in [0.4, 0.5) is 0 Å². The molecule has 3 fully saturated rings. The number of likely N-dealkylation sites (N-methyl/N-ethyl adjacent to an activating group) is 1. The summed E-state index contributed by atoms with van der Waals surface area (Å²) in [4.78, 5) is 5.11. The van der Waals surface area contributed by atoms with E-state index in [4.69, 9.17) is 0 Å². The summed E-state index contributed by atoms with van der Waals surface area (Å²) in [7, 11) is 2.11. The highest BCUT2D eigenvalue weighted by Gasteiger charge is 2.38. The minimum absolute atomic E-state index is 0.585.